The Morgan fingerprint density at radius 2 is 1.64 bits per heavy atom. The van der Waals surface area contributed by atoms with E-state index in [2.05, 4.69) is 30.2 Å². The van der Waals surface area contributed by atoms with Crippen molar-refractivity contribution < 1.29 is 0 Å². The van der Waals surface area contributed by atoms with Gasteiger partial charge in [-0.05, 0) is 23.8 Å². The Labute approximate surface area is 180 Å². The third-order valence-corrected chi connectivity index (χ3v) is 5.02. The molecule has 0 saturated carbocycles. The Balaban J connectivity index is 0.000000161. The monoisotopic (exact) mass is 448 g/mol. The van der Waals surface area contributed by atoms with E-state index in [-0.39, 0.29) is 0 Å². The first-order chi connectivity index (χ1) is 13.7. The van der Waals surface area contributed by atoms with Gasteiger partial charge >= 0.3 is 0 Å². The van der Waals surface area contributed by atoms with E-state index < -0.39 is 0 Å². The number of rotatable bonds is 5. The van der Waals surface area contributed by atoms with Crippen LogP contribution in [-0.4, -0.2) is 26.2 Å². The van der Waals surface area contributed by atoms with Gasteiger partial charge in [-0.3, -0.25) is 0 Å². The number of thiazole rings is 2. The molecule has 0 bridgehead atoms. The average molecular weight is 449 g/mol. The van der Waals surface area contributed by atoms with Gasteiger partial charge in [0.25, 0.3) is 0 Å². The molecule has 0 aromatic carbocycles. The quantitative estimate of drug-likeness (QED) is 0.310. The minimum Gasteiger partial charge on any atom is -0.357 e. The highest BCUT2D eigenvalue weighted by Crippen LogP contribution is 2.14. The van der Waals surface area contributed by atoms with E-state index in [1.807, 2.05) is 22.9 Å². The lowest BCUT2D eigenvalue weighted by molar-refractivity contribution is 1.10. The zero-order valence-electron chi connectivity index (χ0n) is 14.4. The van der Waals surface area contributed by atoms with Crippen molar-refractivity contribution in [3.8, 4) is 0 Å². The third kappa shape index (κ3) is 6.97. The van der Waals surface area contributed by atoms with Crippen molar-refractivity contribution in [3.63, 3.8) is 0 Å². The van der Waals surface area contributed by atoms with Crippen LogP contribution in [0.4, 0.5) is 10.3 Å². The van der Waals surface area contributed by atoms with Gasteiger partial charge in [0.15, 0.2) is 5.13 Å². The maximum Gasteiger partial charge on any atom is 0.208 e. The Hall–Kier alpha value is -2.39. The zero-order valence-corrected chi connectivity index (χ0v) is 17.5. The molecule has 0 unspecified atom stereocenters. The minimum absolute atomic E-state index is 0.483. The molecule has 0 saturated heterocycles. The standard InChI is InChI=1S/C9H8ClN3S.C9H6ClN3S/c2*10-8-2-1-7(5-12-8)6-13-9-11-3-4-14-9/h1-5H,6H2,(H,11,13);1-6H. The van der Waals surface area contributed by atoms with E-state index in [1.165, 1.54) is 11.3 Å². The second-order valence-corrected chi connectivity index (χ2v) is 7.71. The van der Waals surface area contributed by atoms with Crippen LogP contribution in [0.25, 0.3) is 0 Å². The highest BCUT2D eigenvalue weighted by molar-refractivity contribution is 7.13. The molecule has 0 aliphatic carbocycles. The second-order valence-electron chi connectivity index (χ2n) is 5.17. The molecule has 142 valence electrons. The van der Waals surface area contributed by atoms with Crippen LogP contribution in [-0.2, 0) is 6.54 Å². The van der Waals surface area contributed by atoms with Crippen LogP contribution in [0.3, 0.4) is 0 Å². The van der Waals surface area contributed by atoms with Crippen LogP contribution >= 0.6 is 45.9 Å². The predicted octanol–water partition coefficient (Wildman–Crippen LogP) is 5.75. The molecule has 1 N–H and O–H groups in total. The van der Waals surface area contributed by atoms with Crippen LogP contribution in [0.1, 0.15) is 11.1 Å². The average Bonchev–Trinajstić information content (AvgIpc) is 3.42. The summed E-state index contributed by atoms with van der Waals surface area (Å²) in [7, 11) is 0. The van der Waals surface area contributed by atoms with E-state index in [1.54, 1.807) is 54.5 Å². The molecule has 0 aliphatic rings. The molecule has 0 atom stereocenters. The Morgan fingerprint density at radius 3 is 2.25 bits per heavy atom. The fourth-order valence-corrected chi connectivity index (χ4v) is 3.10. The summed E-state index contributed by atoms with van der Waals surface area (Å²) in [6, 6.07) is 7.30. The summed E-state index contributed by atoms with van der Waals surface area (Å²) in [6.07, 6.45) is 8.62. The highest BCUT2D eigenvalue weighted by atomic mass is 35.5. The Morgan fingerprint density at radius 1 is 0.893 bits per heavy atom. The normalized spacial score (nSPS) is 10.5. The maximum absolute atomic E-state index is 5.67. The Bertz CT molecular complexity index is 972. The molecule has 4 heterocycles. The van der Waals surface area contributed by atoms with Crippen LogP contribution in [0.15, 0.2) is 64.8 Å². The number of nitrogens with zero attached hydrogens (tertiary/aromatic N) is 5. The van der Waals surface area contributed by atoms with Crippen molar-refractivity contribution in [2.24, 2.45) is 4.99 Å². The molecule has 0 aliphatic heterocycles. The highest BCUT2D eigenvalue weighted by Gasteiger charge is 1.96. The Kier molecular flexibility index (Phi) is 7.86. The number of pyridine rings is 2. The van der Waals surface area contributed by atoms with Gasteiger partial charge in [0.1, 0.15) is 10.3 Å². The summed E-state index contributed by atoms with van der Waals surface area (Å²) >= 11 is 14.4. The minimum atomic E-state index is 0.483. The van der Waals surface area contributed by atoms with Crippen molar-refractivity contribution >= 4 is 62.4 Å². The van der Waals surface area contributed by atoms with Gasteiger partial charge in [-0.2, -0.15) is 0 Å². The number of hydrogen-bond acceptors (Lipinski definition) is 8. The fourth-order valence-electron chi connectivity index (χ4n) is 1.87. The van der Waals surface area contributed by atoms with E-state index in [0.29, 0.717) is 10.3 Å². The first kappa shape index (κ1) is 20.3. The SMILES string of the molecule is Clc1ccc(C=Nc2nccs2)cn1.Clc1ccc(CNc2nccs2)cn1. The number of anilines is 1. The van der Waals surface area contributed by atoms with E-state index >= 15 is 0 Å². The molecular formula is C18H14Cl2N6S2. The summed E-state index contributed by atoms with van der Waals surface area (Å²) in [6.45, 7) is 0.720. The third-order valence-electron chi connectivity index (χ3n) is 3.16. The predicted molar refractivity (Wildman–Crippen MR) is 117 cm³/mol. The van der Waals surface area contributed by atoms with Crippen LogP contribution in [0.5, 0.6) is 0 Å². The number of aromatic nitrogens is 4. The second kappa shape index (κ2) is 10.8. The molecule has 0 radical (unpaired) electrons. The van der Waals surface area contributed by atoms with E-state index in [9.17, 15) is 0 Å². The van der Waals surface area contributed by atoms with E-state index in [0.717, 1.165) is 27.9 Å². The lowest BCUT2D eigenvalue weighted by Gasteiger charge is -2.01. The summed E-state index contributed by atoms with van der Waals surface area (Å²) in [5, 5.41) is 9.65. The smallest absolute Gasteiger partial charge is 0.208 e. The summed E-state index contributed by atoms with van der Waals surface area (Å²) in [5.41, 5.74) is 1.99. The van der Waals surface area contributed by atoms with Crippen LogP contribution in [0, 0.1) is 0 Å². The summed E-state index contributed by atoms with van der Waals surface area (Å²) in [5.74, 6) is 0. The molecule has 4 aromatic rings. The fraction of sp³-hybridized carbons (Fsp3) is 0.0556. The van der Waals surface area contributed by atoms with Gasteiger partial charge in [0, 0.05) is 53.9 Å². The first-order valence-corrected chi connectivity index (χ1v) is 10.5. The molecule has 4 rings (SSSR count). The summed E-state index contributed by atoms with van der Waals surface area (Å²) < 4.78 is 0. The molecule has 0 fully saturated rings. The van der Waals surface area contributed by atoms with Crippen molar-refractivity contribution in [1.82, 2.24) is 19.9 Å². The van der Waals surface area contributed by atoms with Gasteiger partial charge in [-0.25, -0.2) is 24.9 Å². The number of halogens is 2. The van der Waals surface area contributed by atoms with Gasteiger partial charge in [-0.15, -0.1) is 22.7 Å². The first-order valence-electron chi connectivity index (χ1n) is 7.98. The van der Waals surface area contributed by atoms with Gasteiger partial charge in [0.2, 0.25) is 5.13 Å². The topological polar surface area (TPSA) is 76.0 Å². The lowest BCUT2D eigenvalue weighted by Crippen LogP contribution is -1.98. The van der Waals surface area contributed by atoms with Gasteiger partial charge in [-0.1, -0.05) is 29.3 Å². The molecule has 0 spiro atoms. The number of nitrogens with one attached hydrogen (secondary N) is 1. The molecular weight excluding hydrogens is 435 g/mol. The van der Waals surface area contributed by atoms with E-state index in [4.69, 9.17) is 23.2 Å². The maximum atomic E-state index is 5.67. The van der Waals surface area contributed by atoms with Crippen molar-refractivity contribution in [1.29, 1.82) is 0 Å². The molecule has 6 nitrogen and oxygen atoms in total. The van der Waals surface area contributed by atoms with Gasteiger partial charge in [0.05, 0.1) is 0 Å². The molecule has 0 amide bonds. The zero-order chi connectivity index (χ0) is 19.6. The van der Waals surface area contributed by atoms with Crippen molar-refractivity contribution in [2.75, 3.05) is 5.32 Å². The number of aliphatic imine (C=N–C) groups is 1. The molecule has 10 heteroatoms. The van der Waals surface area contributed by atoms with Crippen molar-refractivity contribution in [3.05, 3.63) is 81.2 Å². The van der Waals surface area contributed by atoms with Crippen LogP contribution < -0.4 is 5.32 Å². The van der Waals surface area contributed by atoms with Crippen LogP contribution in [0.2, 0.25) is 10.3 Å². The van der Waals surface area contributed by atoms with Crippen molar-refractivity contribution in [2.45, 2.75) is 6.54 Å². The van der Waals surface area contributed by atoms with Gasteiger partial charge < -0.3 is 5.32 Å². The number of hydrogen-bond donors (Lipinski definition) is 1. The molecule has 28 heavy (non-hydrogen) atoms. The summed E-state index contributed by atoms with van der Waals surface area (Å²) in [4.78, 5) is 20.2. The largest absolute Gasteiger partial charge is 0.357 e. The molecule has 4 aromatic heterocycles. The lowest BCUT2D eigenvalue weighted by atomic mass is 10.3.